The van der Waals surface area contributed by atoms with Crippen LogP contribution in [0.2, 0.25) is 0 Å². The Morgan fingerprint density at radius 2 is 1.52 bits per heavy atom. The summed E-state index contributed by atoms with van der Waals surface area (Å²) in [5.41, 5.74) is 9.21. The number of fused-ring (bicyclic) bond motifs is 2. The molecule has 23 heavy (non-hydrogen) atoms. The number of aromatic amines is 2. The summed E-state index contributed by atoms with van der Waals surface area (Å²) < 4.78 is 0. The van der Waals surface area contributed by atoms with Gasteiger partial charge < -0.3 is 21.0 Å². The van der Waals surface area contributed by atoms with Crippen molar-refractivity contribution in [2.75, 3.05) is 7.05 Å². The van der Waals surface area contributed by atoms with Gasteiger partial charge in [0.15, 0.2) is 0 Å². The van der Waals surface area contributed by atoms with Gasteiger partial charge in [0.25, 0.3) is 0 Å². The third-order valence-corrected chi connectivity index (χ3v) is 3.20. The number of H-pyrrole nitrogens is 2. The van der Waals surface area contributed by atoms with E-state index in [-0.39, 0.29) is 0 Å². The Hall–Kier alpha value is -2.84. The quantitative estimate of drug-likeness (QED) is 0.449. The smallest absolute Gasteiger partial charge is 0.121 e. The first kappa shape index (κ1) is 15.1. The minimum atomic E-state index is 0.439. The summed E-state index contributed by atoms with van der Waals surface area (Å²) in [6, 6.07) is 3.75. The van der Waals surface area contributed by atoms with Gasteiger partial charge in [0.1, 0.15) is 11.6 Å². The lowest BCUT2D eigenvalue weighted by molar-refractivity contribution is 0.775. The van der Waals surface area contributed by atoms with Gasteiger partial charge in [-0.3, -0.25) is 9.97 Å². The van der Waals surface area contributed by atoms with E-state index in [0.29, 0.717) is 6.54 Å². The van der Waals surface area contributed by atoms with Gasteiger partial charge in [-0.1, -0.05) is 0 Å². The van der Waals surface area contributed by atoms with Crippen LogP contribution in [0.3, 0.4) is 0 Å². The van der Waals surface area contributed by atoms with Gasteiger partial charge in [-0.05, 0) is 19.2 Å². The van der Waals surface area contributed by atoms with Crippen molar-refractivity contribution in [1.29, 1.82) is 0 Å². The number of hydrogen-bond donors (Lipinski definition) is 4. The van der Waals surface area contributed by atoms with Gasteiger partial charge in [-0.2, -0.15) is 0 Å². The number of nitrogens with one attached hydrogen (secondary N) is 3. The number of pyridine rings is 2. The molecule has 0 saturated carbocycles. The van der Waals surface area contributed by atoms with Gasteiger partial charge in [0.05, 0.1) is 47.6 Å². The molecule has 0 aliphatic carbocycles. The lowest BCUT2D eigenvalue weighted by atomic mass is 10.4. The summed E-state index contributed by atoms with van der Waals surface area (Å²) in [6.45, 7) is 1.20. The van der Waals surface area contributed by atoms with Crippen LogP contribution >= 0.6 is 0 Å². The second-order valence-corrected chi connectivity index (χ2v) is 4.89. The molecular weight excluding hydrogens is 292 g/mol. The molecule has 0 aliphatic rings. The summed E-state index contributed by atoms with van der Waals surface area (Å²) in [6.07, 6.45) is 6.97. The molecule has 5 N–H and O–H groups in total. The molecule has 0 unspecified atom stereocenters. The topological polar surface area (TPSA) is 121 Å². The Morgan fingerprint density at radius 3 is 2.04 bits per heavy atom. The minimum Gasteiger partial charge on any atom is -0.340 e. The maximum Gasteiger partial charge on any atom is 0.121 e. The number of rotatable bonds is 3. The number of nitrogens with zero attached hydrogens (tertiary/aromatic N) is 4. The second kappa shape index (κ2) is 6.95. The van der Waals surface area contributed by atoms with Crippen LogP contribution in [-0.2, 0) is 13.1 Å². The SMILES string of the molecule is CNCc1nc2ccncc2[nH]1.NCc1nc2ccncc2[nH]1. The third-order valence-electron chi connectivity index (χ3n) is 3.20. The zero-order valence-corrected chi connectivity index (χ0v) is 12.7. The van der Waals surface area contributed by atoms with Gasteiger partial charge in [-0.15, -0.1) is 0 Å². The second-order valence-electron chi connectivity index (χ2n) is 4.89. The fraction of sp³-hybridized carbons (Fsp3) is 0.200. The van der Waals surface area contributed by atoms with Crippen LogP contribution < -0.4 is 11.1 Å². The molecule has 0 atom stereocenters. The Kier molecular flexibility index (Phi) is 4.55. The van der Waals surface area contributed by atoms with Crippen molar-refractivity contribution in [2.24, 2.45) is 5.73 Å². The molecule has 4 heterocycles. The van der Waals surface area contributed by atoms with E-state index in [1.165, 1.54) is 0 Å². The van der Waals surface area contributed by atoms with Gasteiger partial charge in [0.2, 0.25) is 0 Å². The molecule has 0 amide bonds. The van der Waals surface area contributed by atoms with Gasteiger partial charge in [-0.25, -0.2) is 9.97 Å². The highest BCUT2D eigenvalue weighted by Gasteiger charge is 1.99. The first-order valence-corrected chi connectivity index (χ1v) is 7.22. The summed E-state index contributed by atoms with van der Waals surface area (Å²) in [5.74, 6) is 1.74. The van der Waals surface area contributed by atoms with Crippen LogP contribution in [0.15, 0.2) is 36.9 Å². The van der Waals surface area contributed by atoms with E-state index in [4.69, 9.17) is 5.73 Å². The monoisotopic (exact) mass is 310 g/mol. The molecular formula is C15H18N8. The normalized spacial score (nSPS) is 10.7. The van der Waals surface area contributed by atoms with Crippen LogP contribution in [0, 0.1) is 0 Å². The van der Waals surface area contributed by atoms with Gasteiger partial charge >= 0.3 is 0 Å². The van der Waals surface area contributed by atoms with Crippen molar-refractivity contribution in [3.05, 3.63) is 48.6 Å². The van der Waals surface area contributed by atoms with E-state index in [1.807, 2.05) is 19.2 Å². The maximum atomic E-state index is 5.40. The predicted octanol–water partition coefficient (Wildman–Crippen LogP) is 1.09. The Morgan fingerprint density at radius 1 is 0.957 bits per heavy atom. The molecule has 8 heteroatoms. The lowest BCUT2D eigenvalue weighted by Crippen LogP contribution is -2.06. The van der Waals surface area contributed by atoms with E-state index in [2.05, 4.69) is 35.2 Å². The van der Waals surface area contributed by atoms with Crippen molar-refractivity contribution in [3.63, 3.8) is 0 Å². The average Bonchev–Trinajstić information content (AvgIpc) is 3.18. The zero-order chi connectivity index (χ0) is 16.1. The van der Waals surface area contributed by atoms with Crippen molar-refractivity contribution in [2.45, 2.75) is 13.1 Å². The van der Waals surface area contributed by atoms with E-state index >= 15 is 0 Å². The highest BCUT2D eigenvalue weighted by molar-refractivity contribution is 5.73. The van der Waals surface area contributed by atoms with E-state index < -0.39 is 0 Å². The third kappa shape index (κ3) is 3.50. The van der Waals surface area contributed by atoms with E-state index in [1.54, 1.807) is 24.8 Å². The van der Waals surface area contributed by atoms with Crippen LogP contribution in [0.25, 0.3) is 22.1 Å². The van der Waals surface area contributed by atoms with Crippen molar-refractivity contribution in [1.82, 2.24) is 35.2 Å². The molecule has 0 spiro atoms. The predicted molar refractivity (Wildman–Crippen MR) is 88.4 cm³/mol. The van der Waals surface area contributed by atoms with Crippen molar-refractivity contribution < 1.29 is 0 Å². The molecule has 0 fully saturated rings. The van der Waals surface area contributed by atoms with Crippen LogP contribution in [0.5, 0.6) is 0 Å². The Balaban J connectivity index is 0.000000136. The van der Waals surface area contributed by atoms with Crippen molar-refractivity contribution in [3.8, 4) is 0 Å². The van der Waals surface area contributed by atoms with Crippen LogP contribution in [0.4, 0.5) is 0 Å². The number of hydrogen-bond acceptors (Lipinski definition) is 6. The van der Waals surface area contributed by atoms with E-state index in [0.717, 1.165) is 40.3 Å². The molecule has 0 bridgehead atoms. The molecule has 118 valence electrons. The number of nitrogens with two attached hydrogens (primary N) is 1. The summed E-state index contributed by atoms with van der Waals surface area (Å²) >= 11 is 0. The molecule has 0 radical (unpaired) electrons. The van der Waals surface area contributed by atoms with Crippen molar-refractivity contribution >= 4 is 22.1 Å². The minimum absolute atomic E-state index is 0.439. The summed E-state index contributed by atoms with van der Waals surface area (Å²) in [4.78, 5) is 22.7. The molecule has 8 nitrogen and oxygen atoms in total. The largest absolute Gasteiger partial charge is 0.340 e. The molecule has 4 rings (SSSR count). The Bertz CT molecular complexity index is 828. The zero-order valence-electron chi connectivity index (χ0n) is 12.7. The number of aromatic nitrogens is 6. The molecule has 4 aromatic heterocycles. The lowest BCUT2D eigenvalue weighted by Gasteiger charge is -1.89. The van der Waals surface area contributed by atoms with Gasteiger partial charge in [0, 0.05) is 12.4 Å². The fourth-order valence-electron chi connectivity index (χ4n) is 2.17. The molecule has 0 aliphatic heterocycles. The van der Waals surface area contributed by atoms with Crippen LogP contribution in [-0.4, -0.2) is 37.0 Å². The first-order valence-electron chi connectivity index (χ1n) is 7.22. The standard InChI is InChI=1S/C8H10N4.C7H8N4/c1-9-5-8-11-6-2-3-10-4-7(6)12-8;8-3-7-10-5-1-2-9-4-6(5)11-7/h2-4,9H,5H2,1H3,(H,11,12);1-2,4H,3,8H2,(H,10,11). The highest BCUT2D eigenvalue weighted by atomic mass is 15.0. The fourth-order valence-corrected chi connectivity index (χ4v) is 2.17. The maximum absolute atomic E-state index is 5.40. The molecule has 4 aromatic rings. The number of imidazole rings is 2. The average molecular weight is 310 g/mol. The first-order chi connectivity index (χ1) is 11.3. The Labute approximate surface area is 132 Å². The summed E-state index contributed by atoms with van der Waals surface area (Å²) in [5, 5.41) is 3.03. The highest BCUT2D eigenvalue weighted by Crippen LogP contribution is 2.08. The molecule has 0 aromatic carbocycles. The van der Waals surface area contributed by atoms with E-state index in [9.17, 15) is 0 Å². The molecule has 0 saturated heterocycles. The van der Waals surface area contributed by atoms with Crippen LogP contribution in [0.1, 0.15) is 11.6 Å². The summed E-state index contributed by atoms with van der Waals surface area (Å²) in [7, 11) is 1.89.